The third-order valence-corrected chi connectivity index (χ3v) is 3.80. The van der Waals surface area contributed by atoms with Crippen LogP contribution in [0.2, 0.25) is 4.34 Å². The molecule has 0 amide bonds. The Kier molecular flexibility index (Phi) is 3.56. The van der Waals surface area contributed by atoms with E-state index in [-0.39, 0.29) is 11.8 Å². The lowest BCUT2D eigenvalue weighted by Gasteiger charge is -2.21. The highest BCUT2D eigenvalue weighted by atomic mass is 35.5. The van der Waals surface area contributed by atoms with Gasteiger partial charge < -0.3 is 5.11 Å². The molecule has 1 aromatic rings. The van der Waals surface area contributed by atoms with Crippen LogP contribution in [-0.2, 0) is 10.2 Å². The second-order valence-electron chi connectivity index (χ2n) is 3.88. The van der Waals surface area contributed by atoms with E-state index in [4.69, 9.17) is 16.7 Å². The van der Waals surface area contributed by atoms with E-state index in [1.165, 1.54) is 11.3 Å². The van der Waals surface area contributed by atoms with Crippen molar-refractivity contribution in [2.24, 2.45) is 0 Å². The third-order valence-electron chi connectivity index (χ3n) is 2.20. The molecule has 1 aromatic heterocycles. The molecule has 78 valence electrons. The van der Waals surface area contributed by atoms with Crippen LogP contribution in [0.4, 0.5) is 0 Å². The first kappa shape index (κ1) is 11.5. The maximum Gasteiger partial charge on any atom is 0.303 e. The summed E-state index contributed by atoms with van der Waals surface area (Å²) in [5, 5.41) is 8.61. The zero-order valence-corrected chi connectivity index (χ0v) is 9.78. The molecule has 1 heterocycles. The van der Waals surface area contributed by atoms with Crippen LogP contribution in [-0.4, -0.2) is 11.1 Å². The molecule has 0 aliphatic carbocycles. The van der Waals surface area contributed by atoms with Gasteiger partial charge in [-0.15, -0.1) is 11.3 Å². The number of hydrogen-bond donors (Lipinski definition) is 1. The molecule has 0 radical (unpaired) electrons. The number of hydrogen-bond acceptors (Lipinski definition) is 2. The Morgan fingerprint density at radius 3 is 2.64 bits per heavy atom. The maximum atomic E-state index is 10.5. The average molecular weight is 233 g/mol. The van der Waals surface area contributed by atoms with E-state index in [0.29, 0.717) is 6.42 Å². The lowest BCUT2D eigenvalue weighted by atomic mass is 9.86. The molecule has 0 aromatic carbocycles. The Morgan fingerprint density at radius 2 is 2.21 bits per heavy atom. The van der Waals surface area contributed by atoms with Gasteiger partial charge in [0.05, 0.1) is 4.34 Å². The summed E-state index contributed by atoms with van der Waals surface area (Å²) >= 11 is 7.35. The Labute approximate surface area is 92.5 Å². The van der Waals surface area contributed by atoms with E-state index in [9.17, 15) is 4.79 Å². The summed E-state index contributed by atoms with van der Waals surface area (Å²) in [5.74, 6) is -0.749. The van der Waals surface area contributed by atoms with Gasteiger partial charge in [0, 0.05) is 11.3 Å². The van der Waals surface area contributed by atoms with Crippen LogP contribution in [0.3, 0.4) is 0 Å². The van der Waals surface area contributed by atoms with Crippen LogP contribution in [0.1, 0.15) is 31.6 Å². The zero-order valence-electron chi connectivity index (χ0n) is 8.21. The molecule has 0 saturated carbocycles. The number of aliphatic carboxylic acids is 1. The van der Waals surface area contributed by atoms with Crippen LogP contribution in [0.25, 0.3) is 0 Å². The van der Waals surface area contributed by atoms with E-state index < -0.39 is 5.97 Å². The van der Waals surface area contributed by atoms with Crippen LogP contribution < -0.4 is 0 Å². The molecule has 0 fully saturated rings. The maximum absolute atomic E-state index is 10.5. The molecule has 0 aliphatic rings. The molecule has 0 bridgehead atoms. The van der Waals surface area contributed by atoms with Gasteiger partial charge in [-0.3, -0.25) is 4.79 Å². The fourth-order valence-electron chi connectivity index (χ4n) is 1.22. The van der Waals surface area contributed by atoms with Gasteiger partial charge in [-0.25, -0.2) is 0 Å². The number of thiophene rings is 1. The first-order valence-electron chi connectivity index (χ1n) is 4.39. The highest BCUT2D eigenvalue weighted by Gasteiger charge is 2.23. The summed E-state index contributed by atoms with van der Waals surface area (Å²) < 4.78 is 0.753. The van der Waals surface area contributed by atoms with Gasteiger partial charge >= 0.3 is 5.97 Å². The topological polar surface area (TPSA) is 37.3 Å². The summed E-state index contributed by atoms with van der Waals surface area (Å²) in [5.41, 5.74) is -0.101. The van der Waals surface area contributed by atoms with Crippen molar-refractivity contribution in [3.8, 4) is 0 Å². The summed E-state index contributed by atoms with van der Waals surface area (Å²) in [7, 11) is 0. The minimum atomic E-state index is -0.749. The largest absolute Gasteiger partial charge is 0.481 e. The van der Waals surface area contributed by atoms with Crippen LogP contribution >= 0.6 is 22.9 Å². The molecular weight excluding hydrogens is 220 g/mol. The Balaban J connectivity index is 2.69. The third kappa shape index (κ3) is 3.00. The van der Waals surface area contributed by atoms with Gasteiger partial charge in [0.25, 0.3) is 0 Å². The average Bonchev–Trinajstić information content (AvgIpc) is 2.49. The Hall–Kier alpha value is -0.540. The number of halogens is 1. The van der Waals surface area contributed by atoms with Crippen molar-refractivity contribution in [1.82, 2.24) is 0 Å². The molecule has 1 rings (SSSR count). The summed E-state index contributed by atoms with van der Waals surface area (Å²) in [6.07, 6.45) is 0.835. The number of carboxylic acid groups (broad SMARTS) is 1. The predicted octanol–water partition coefficient (Wildman–Crippen LogP) is 3.54. The molecule has 14 heavy (non-hydrogen) atoms. The van der Waals surface area contributed by atoms with Gasteiger partial charge in [0.1, 0.15) is 0 Å². The van der Waals surface area contributed by atoms with Gasteiger partial charge in [-0.1, -0.05) is 25.4 Å². The molecular formula is C10H13ClO2S. The van der Waals surface area contributed by atoms with E-state index in [1.54, 1.807) is 0 Å². The quantitative estimate of drug-likeness (QED) is 0.862. The van der Waals surface area contributed by atoms with Crippen molar-refractivity contribution >= 4 is 28.9 Å². The normalized spacial score (nSPS) is 11.6. The van der Waals surface area contributed by atoms with Gasteiger partial charge in [-0.2, -0.15) is 0 Å². The van der Waals surface area contributed by atoms with E-state index in [2.05, 4.69) is 0 Å². The highest BCUT2D eigenvalue weighted by molar-refractivity contribution is 7.16. The second-order valence-corrected chi connectivity index (χ2v) is 5.60. The van der Waals surface area contributed by atoms with E-state index >= 15 is 0 Å². The Bertz CT molecular complexity index is 331. The second kappa shape index (κ2) is 4.32. The SMILES string of the molecule is CC(C)(CCC(=O)O)c1ccc(Cl)s1. The summed E-state index contributed by atoms with van der Waals surface area (Å²) in [4.78, 5) is 11.6. The lowest BCUT2D eigenvalue weighted by Crippen LogP contribution is -2.17. The number of carboxylic acids is 1. The minimum Gasteiger partial charge on any atom is -0.481 e. The molecule has 0 spiro atoms. The smallest absolute Gasteiger partial charge is 0.303 e. The fourth-order valence-corrected chi connectivity index (χ4v) is 2.39. The van der Waals surface area contributed by atoms with Crippen molar-refractivity contribution in [2.45, 2.75) is 32.1 Å². The number of carbonyl (C=O) groups is 1. The lowest BCUT2D eigenvalue weighted by molar-refractivity contribution is -0.137. The Morgan fingerprint density at radius 1 is 1.57 bits per heavy atom. The van der Waals surface area contributed by atoms with Crippen molar-refractivity contribution in [3.63, 3.8) is 0 Å². The van der Waals surface area contributed by atoms with E-state index in [1.807, 2.05) is 26.0 Å². The highest BCUT2D eigenvalue weighted by Crippen LogP contribution is 2.35. The first-order chi connectivity index (χ1) is 6.42. The standard InChI is InChI=1S/C10H13ClO2S/c1-10(2,6-5-9(12)13)7-3-4-8(11)14-7/h3-4H,5-6H2,1-2H3,(H,12,13). The monoisotopic (exact) mass is 232 g/mol. The van der Waals surface area contributed by atoms with Crippen molar-refractivity contribution < 1.29 is 9.90 Å². The number of rotatable bonds is 4. The predicted molar refractivity (Wildman–Crippen MR) is 59.2 cm³/mol. The van der Waals surface area contributed by atoms with Crippen LogP contribution in [0.5, 0.6) is 0 Å². The summed E-state index contributed by atoms with van der Waals surface area (Å²) in [6.45, 7) is 4.08. The van der Waals surface area contributed by atoms with Gasteiger partial charge in [0.15, 0.2) is 0 Å². The minimum absolute atomic E-state index is 0.101. The van der Waals surface area contributed by atoms with Crippen LogP contribution in [0, 0.1) is 0 Å². The van der Waals surface area contributed by atoms with E-state index in [0.717, 1.165) is 9.21 Å². The fraction of sp³-hybridized carbons (Fsp3) is 0.500. The molecule has 2 nitrogen and oxygen atoms in total. The molecule has 0 unspecified atom stereocenters. The van der Waals surface area contributed by atoms with Gasteiger partial charge in [-0.05, 0) is 24.0 Å². The van der Waals surface area contributed by atoms with Crippen molar-refractivity contribution in [3.05, 3.63) is 21.3 Å². The van der Waals surface area contributed by atoms with Crippen molar-refractivity contribution in [1.29, 1.82) is 0 Å². The van der Waals surface area contributed by atoms with Crippen molar-refractivity contribution in [2.75, 3.05) is 0 Å². The molecule has 1 N–H and O–H groups in total. The summed E-state index contributed by atoms with van der Waals surface area (Å²) in [6, 6.07) is 3.82. The first-order valence-corrected chi connectivity index (χ1v) is 5.59. The molecule has 4 heteroatoms. The van der Waals surface area contributed by atoms with Crippen LogP contribution in [0.15, 0.2) is 12.1 Å². The zero-order chi connectivity index (χ0) is 10.8. The van der Waals surface area contributed by atoms with Gasteiger partial charge in [0.2, 0.25) is 0 Å². The molecule has 0 atom stereocenters. The molecule has 0 aliphatic heterocycles. The molecule has 0 saturated heterocycles.